The number of thiol groups is 1. The van der Waals surface area contributed by atoms with E-state index in [9.17, 15) is 0 Å². The van der Waals surface area contributed by atoms with E-state index in [1.54, 1.807) is 11.5 Å². The van der Waals surface area contributed by atoms with Gasteiger partial charge in [0.15, 0.2) is 0 Å². The molecule has 0 atom stereocenters. The Kier molecular flexibility index (Phi) is 14.4. The number of hydrogen-bond donors (Lipinski definition) is 2. The predicted molar refractivity (Wildman–Crippen MR) is 34.4 cm³/mol. The summed E-state index contributed by atoms with van der Waals surface area (Å²) in [6.07, 6.45) is 1.77. The Morgan fingerprint density at radius 3 is 2.17 bits per heavy atom. The van der Waals surface area contributed by atoms with Gasteiger partial charge in [-0.25, -0.2) is 0 Å². The van der Waals surface area contributed by atoms with Crippen molar-refractivity contribution in [3.8, 4) is 0 Å². The van der Waals surface area contributed by atoms with Gasteiger partial charge in [0.25, 0.3) is 0 Å². The summed E-state index contributed by atoms with van der Waals surface area (Å²) < 4.78 is 0. The first-order chi connectivity index (χ1) is 2.41. The summed E-state index contributed by atoms with van der Waals surface area (Å²) >= 11 is 3.74. The topological polar surface area (TPSA) is 26.0 Å². The van der Waals surface area contributed by atoms with E-state index in [4.69, 9.17) is 5.73 Å². The normalized spacial score (nSPS) is 8.33. The molecule has 2 N–H and O–H groups in total. The van der Waals surface area contributed by atoms with E-state index in [2.05, 4.69) is 12.6 Å². The monoisotopic (exact) mass is 125 g/mol. The lowest BCUT2D eigenvalue weighted by Crippen LogP contribution is -1.90. The average molecular weight is 126 g/mol. The van der Waals surface area contributed by atoms with Gasteiger partial charge in [-0.15, -0.1) is 12.4 Å². The molecule has 0 saturated carbocycles. The lowest BCUT2D eigenvalue weighted by Gasteiger charge is -1.66. The van der Waals surface area contributed by atoms with Crippen LogP contribution in [0.25, 0.3) is 0 Å². The lowest BCUT2D eigenvalue weighted by atomic mass is 10.7. The Balaban J connectivity index is 0. The Morgan fingerprint density at radius 1 is 1.67 bits per heavy atom. The Hall–Kier alpha value is 0.340. The molecule has 0 aliphatic carbocycles. The van der Waals surface area contributed by atoms with Crippen LogP contribution in [0.1, 0.15) is 0 Å². The van der Waals surface area contributed by atoms with Crippen LogP contribution in [0, 0.1) is 0 Å². The van der Waals surface area contributed by atoms with Gasteiger partial charge in [0.05, 0.1) is 0 Å². The molecule has 0 amide bonds. The van der Waals surface area contributed by atoms with Crippen LogP contribution < -0.4 is 5.73 Å². The predicted octanol–water partition coefficient (Wildman–Crippen LogP) is 0.810. The molecule has 0 unspecified atom stereocenters. The number of nitrogens with two attached hydrogens (primary N) is 1. The summed E-state index contributed by atoms with van der Waals surface area (Å²) in [4.78, 5) is 0. The fraction of sp³-hybridized carbons (Fsp3) is 0.333. The Labute approximate surface area is 49.4 Å². The molecule has 0 aliphatic rings. The van der Waals surface area contributed by atoms with Crippen molar-refractivity contribution in [2.45, 2.75) is 0 Å². The van der Waals surface area contributed by atoms with Gasteiger partial charge in [-0.1, -0.05) is 6.08 Å². The van der Waals surface area contributed by atoms with Crippen LogP contribution in [0.15, 0.2) is 11.5 Å². The van der Waals surface area contributed by atoms with Gasteiger partial charge >= 0.3 is 0 Å². The summed E-state index contributed by atoms with van der Waals surface area (Å²) in [5.74, 6) is 0. The third-order valence-corrected chi connectivity index (χ3v) is 0.452. The molecule has 0 rings (SSSR count). The molecule has 0 saturated heterocycles. The van der Waals surface area contributed by atoms with E-state index in [0.29, 0.717) is 6.54 Å². The summed E-state index contributed by atoms with van der Waals surface area (Å²) in [7, 11) is 0. The first kappa shape index (κ1) is 9.60. The minimum Gasteiger partial charge on any atom is -0.327 e. The van der Waals surface area contributed by atoms with Crippen molar-refractivity contribution in [3.05, 3.63) is 11.5 Å². The first-order valence-corrected chi connectivity index (χ1v) is 1.92. The van der Waals surface area contributed by atoms with Gasteiger partial charge in [0.2, 0.25) is 0 Å². The molecule has 1 nitrogen and oxygen atoms in total. The maximum Gasteiger partial charge on any atom is 0.0114 e. The van der Waals surface area contributed by atoms with E-state index in [-0.39, 0.29) is 12.4 Å². The second kappa shape index (κ2) is 9.02. The first-order valence-electron chi connectivity index (χ1n) is 1.41. The quantitative estimate of drug-likeness (QED) is 0.499. The molecule has 3 heteroatoms. The summed E-state index contributed by atoms with van der Waals surface area (Å²) in [6, 6.07) is 0. The zero-order valence-electron chi connectivity index (χ0n) is 3.29. The molecule has 0 aromatic rings. The van der Waals surface area contributed by atoms with Gasteiger partial charge in [0, 0.05) is 6.54 Å². The van der Waals surface area contributed by atoms with E-state index in [1.165, 1.54) is 0 Å². The average Bonchev–Trinajstić information content (AvgIpc) is 1.41. The fourth-order valence-corrected chi connectivity index (χ4v) is 0.183. The number of halogens is 1. The molecule has 0 aromatic carbocycles. The third-order valence-electron chi connectivity index (χ3n) is 0.241. The Morgan fingerprint density at radius 2 is 2.17 bits per heavy atom. The molecule has 0 aromatic heterocycles. The third kappa shape index (κ3) is 8.84. The van der Waals surface area contributed by atoms with E-state index >= 15 is 0 Å². The minimum absolute atomic E-state index is 0. The maximum atomic E-state index is 5.00. The highest BCUT2D eigenvalue weighted by Gasteiger charge is 1.51. The molecule has 0 fully saturated rings. The van der Waals surface area contributed by atoms with Crippen molar-refractivity contribution in [2.24, 2.45) is 5.73 Å². The van der Waals surface area contributed by atoms with Gasteiger partial charge in [-0.05, 0) is 5.41 Å². The van der Waals surface area contributed by atoms with E-state index in [1.807, 2.05) is 0 Å². The van der Waals surface area contributed by atoms with Crippen molar-refractivity contribution in [2.75, 3.05) is 6.54 Å². The highest BCUT2D eigenvalue weighted by molar-refractivity contribution is 7.83. The van der Waals surface area contributed by atoms with Crippen LogP contribution >= 0.6 is 25.0 Å². The van der Waals surface area contributed by atoms with Crippen LogP contribution in [0.4, 0.5) is 0 Å². The van der Waals surface area contributed by atoms with E-state index < -0.39 is 0 Å². The van der Waals surface area contributed by atoms with Crippen molar-refractivity contribution >= 4 is 25.0 Å². The van der Waals surface area contributed by atoms with Crippen LogP contribution in [-0.4, -0.2) is 6.54 Å². The number of hydrogen-bond acceptors (Lipinski definition) is 2. The lowest BCUT2D eigenvalue weighted by molar-refractivity contribution is 1.26. The molecule has 0 spiro atoms. The van der Waals surface area contributed by atoms with Crippen LogP contribution in [0.5, 0.6) is 0 Å². The minimum atomic E-state index is 0. The van der Waals surface area contributed by atoms with Gasteiger partial charge in [0.1, 0.15) is 0 Å². The van der Waals surface area contributed by atoms with Crippen LogP contribution in [0.2, 0.25) is 0 Å². The molecule has 0 bridgehead atoms. The van der Waals surface area contributed by atoms with Crippen molar-refractivity contribution < 1.29 is 0 Å². The molecular weight excluding hydrogens is 118 g/mol. The molecule has 0 radical (unpaired) electrons. The molecule has 0 heterocycles. The van der Waals surface area contributed by atoms with Gasteiger partial charge in [-0.3, -0.25) is 0 Å². The smallest absolute Gasteiger partial charge is 0.0114 e. The van der Waals surface area contributed by atoms with Crippen LogP contribution in [0.3, 0.4) is 0 Å². The highest BCUT2D eigenvalue weighted by Crippen LogP contribution is 1.69. The van der Waals surface area contributed by atoms with Gasteiger partial charge < -0.3 is 5.73 Å². The van der Waals surface area contributed by atoms with Crippen LogP contribution in [-0.2, 0) is 0 Å². The van der Waals surface area contributed by atoms with E-state index in [0.717, 1.165) is 0 Å². The summed E-state index contributed by atoms with van der Waals surface area (Å²) in [5.41, 5.74) is 5.00. The van der Waals surface area contributed by atoms with Crippen molar-refractivity contribution in [1.82, 2.24) is 0 Å². The molecule has 38 valence electrons. The van der Waals surface area contributed by atoms with Crippen molar-refractivity contribution in [1.29, 1.82) is 0 Å². The number of rotatable bonds is 1. The summed E-state index contributed by atoms with van der Waals surface area (Å²) in [5, 5.41) is 1.62. The highest BCUT2D eigenvalue weighted by atomic mass is 35.5. The largest absolute Gasteiger partial charge is 0.327 e. The summed E-state index contributed by atoms with van der Waals surface area (Å²) in [6.45, 7) is 0.587. The zero-order chi connectivity index (χ0) is 4.12. The van der Waals surface area contributed by atoms with Gasteiger partial charge in [-0.2, -0.15) is 12.6 Å². The molecular formula is C3H8ClNS. The molecule has 0 aliphatic heterocycles. The fourth-order valence-electron chi connectivity index (χ4n) is 0.0609. The standard InChI is InChI=1S/C3H7NS.ClH/c4-2-1-3-5;/h1,3,5H,2,4H2;1H. The van der Waals surface area contributed by atoms with Crippen molar-refractivity contribution in [3.63, 3.8) is 0 Å². The zero-order valence-corrected chi connectivity index (χ0v) is 5.01. The SMILES string of the molecule is Cl.NCC=CS. The Bertz CT molecular complexity index is 37.8. The second-order valence-corrected chi connectivity index (χ2v) is 0.919. The molecule has 6 heavy (non-hydrogen) atoms. The maximum absolute atomic E-state index is 5.00. The second-order valence-electron chi connectivity index (χ2n) is 0.620.